The van der Waals surface area contributed by atoms with Gasteiger partial charge in [0, 0.05) is 22.8 Å². The van der Waals surface area contributed by atoms with Crippen molar-refractivity contribution in [1.29, 1.82) is 0 Å². The first-order valence-electron chi connectivity index (χ1n) is 9.63. The molecule has 0 bridgehead atoms. The molecule has 0 unspecified atom stereocenters. The highest BCUT2D eigenvalue weighted by atomic mass is 79.9. The highest BCUT2D eigenvalue weighted by Crippen LogP contribution is 2.25. The second-order valence-corrected chi connectivity index (χ2v) is 8.18. The molecule has 164 valence electrons. The lowest BCUT2D eigenvalue weighted by Gasteiger charge is -2.12. The van der Waals surface area contributed by atoms with Crippen LogP contribution in [0.5, 0.6) is 0 Å². The zero-order chi connectivity index (χ0) is 23.2. The van der Waals surface area contributed by atoms with Gasteiger partial charge in [-0.1, -0.05) is 22.0 Å². The molecule has 0 saturated carbocycles. The standard InChI is InChI=1S/C22H19BrN4O5/c1-11-8-15(21(29)31-4)17-18(24-11)26(3)22(30)27(20(17)28)10-16-12(2)32-19(25-16)13-6-5-7-14(23)9-13/h5-9H,10H2,1-4H3. The van der Waals surface area contributed by atoms with Gasteiger partial charge in [-0.05, 0) is 38.1 Å². The van der Waals surface area contributed by atoms with Crippen molar-refractivity contribution in [2.24, 2.45) is 7.05 Å². The molecule has 0 radical (unpaired) electrons. The summed E-state index contributed by atoms with van der Waals surface area (Å²) in [7, 11) is 2.73. The van der Waals surface area contributed by atoms with Gasteiger partial charge in [-0.3, -0.25) is 13.9 Å². The lowest BCUT2D eigenvalue weighted by Crippen LogP contribution is -2.40. The van der Waals surface area contributed by atoms with E-state index in [2.05, 4.69) is 25.9 Å². The van der Waals surface area contributed by atoms with Crippen molar-refractivity contribution in [2.45, 2.75) is 20.4 Å². The smallest absolute Gasteiger partial charge is 0.338 e. The number of hydrogen-bond acceptors (Lipinski definition) is 7. The SMILES string of the molecule is COC(=O)c1cc(C)nc2c1c(=O)n(Cc1nc(-c3cccc(Br)c3)oc1C)c(=O)n2C. The Morgan fingerprint density at radius 1 is 1.19 bits per heavy atom. The number of benzene rings is 1. The van der Waals surface area contributed by atoms with Gasteiger partial charge in [-0.2, -0.15) is 0 Å². The summed E-state index contributed by atoms with van der Waals surface area (Å²) < 4.78 is 13.7. The van der Waals surface area contributed by atoms with E-state index in [0.29, 0.717) is 23.0 Å². The Balaban J connectivity index is 1.90. The molecule has 0 amide bonds. The number of carbonyl (C=O) groups excluding carboxylic acids is 1. The molecule has 0 aliphatic heterocycles. The van der Waals surface area contributed by atoms with Gasteiger partial charge in [0.2, 0.25) is 5.89 Å². The fraction of sp³-hybridized carbons (Fsp3) is 0.227. The number of rotatable bonds is 4. The normalized spacial score (nSPS) is 11.2. The van der Waals surface area contributed by atoms with E-state index in [1.54, 1.807) is 13.8 Å². The number of aromatic nitrogens is 4. The van der Waals surface area contributed by atoms with E-state index in [1.165, 1.54) is 24.8 Å². The minimum Gasteiger partial charge on any atom is -0.465 e. The third-order valence-electron chi connectivity index (χ3n) is 5.10. The molecule has 10 heteroatoms. The predicted octanol–water partition coefficient (Wildman–Crippen LogP) is 2.96. The highest BCUT2D eigenvalue weighted by molar-refractivity contribution is 9.10. The lowest BCUT2D eigenvalue weighted by molar-refractivity contribution is 0.0602. The fourth-order valence-corrected chi connectivity index (χ4v) is 3.88. The number of halogens is 1. The van der Waals surface area contributed by atoms with E-state index in [1.807, 2.05) is 24.3 Å². The molecule has 3 heterocycles. The van der Waals surface area contributed by atoms with Crippen LogP contribution in [0.1, 0.15) is 27.5 Å². The summed E-state index contributed by atoms with van der Waals surface area (Å²) in [6, 6.07) is 8.90. The number of esters is 1. The van der Waals surface area contributed by atoms with Gasteiger partial charge in [0.1, 0.15) is 17.1 Å². The molecule has 0 N–H and O–H groups in total. The van der Waals surface area contributed by atoms with E-state index < -0.39 is 17.2 Å². The van der Waals surface area contributed by atoms with Gasteiger partial charge in [0.25, 0.3) is 5.56 Å². The van der Waals surface area contributed by atoms with E-state index in [4.69, 9.17) is 9.15 Å². The molecular formula is C22H19BrN4O5. The van der Waals surface area contributed by atoms with Crippen molar-refractivity contribution in [3.05, 3.63) is 78.4 Å². The van der Waals surface area contributed by atoms with Crippen molar-refractivity contribution in [1.82, 2.24) is 19.1 Å². The molecule has 4 rings (SSSR count). The maximum Gasteiger partial charge on any atom is 0.338 e. The van der Waals surface area contributed by atoms with Crippen LogP contribution in [-0.2, 0) is 18.3 Å². The molecule has 0 spiro atoms. The third kappa shape index (κ3) is 3.66. The maximum atomic E-state index is 13.3. The second kappa shape index (κ2) is 8.19. The van der Waals surface area contributed by atoms with Crippen LogP contribution in [-0.4, -0.2) is 32.2 Å². The van der Waals surface area contributed by atoms with Crippen LogP contribution in [0.4, 0.5) is 0 Å². The molecule has 1 aromatic carbocycles. The largest absolute Gasteiger partial charge is 0.465 e. The van der Waals surface area contributed by atoms with Crippen LogP contribution < -0.4 is 11.2 Å². The highest BCUT2D eigenvalue weighted by Gasteiger charge is 2.22. The summed E-state index contributed by atoms with van der Waals surface area (Å²) in [6.07, 6.45) is 0. The Morgan fingerprint density at radius 2 is 1.94 bits per heavy atom. The number of carbonyl (C=O) groups is 1. The molecule has 0 saturated heterocycles. The van der Waals surface area contributed by atoms with Gasteiger partial charge < -0.3 is 9.15 Å². The molecule has 0 atom stereocenters. The number of ether oxygens (including phenoxy) is 1. The van der Waals surface area contributed by atoms with E-state index in [9.17, 15) is 14.4 Å². The van der Waals surface area contributed by atoms with Crippen molar-refractivity contribution in [3.8, 4) is 11.5 Å². The average molecular weight is 499 g/mol. The van der Waals surface area contributed by atoms with E-state index >= 15 is 0 Å². The second-order valence-electron chi connectivity index (χ2n) is 7.27. The van der Waals surface area contributed by atoms with Crippen molar-refractivity contribution < 1.29 is 13.9 Å². The van der Waals surface area contributed by atoms with Crippen LogP contribution in [0.25, 0.3) is 22.5 Å². The van der Waals surface area contributed by atoms with Crippen molar-refractivity contribution >= 4 is 32.9 Å². The predicted molar refractivity (Wildman–Crippen MR) is 121 cm³/mol. The summed E-state index contributed by atoms with van der Waals surface area (Å²) in [4.78, 5) is 47.4. The summed E-state index contributed by atoms with van der Waals surface area (Å²) in [5, 5.41) is 0.0120. The van der Waals surface area contributed by atoms with E-state index in [0.717, 1.165) is 14.6 Å². The fourth-order valence-electron chi connectivity index (χ4n) is 3.48. The van der Waals surface area contributed by atoms with Gasteiger partial charge in [0.05, 0.1) is 24.6 Å². The first kappa shape index (κ1) is 21.7. The molecule has 4 aromatic rings. The molecular weight excluding hydrogens is 480 g/mol. The Kier molecular flexibility index (Phi) is 5.55. The molecule has 0 fully saturated rings. The number of aryl methyl sites for hydroxylation is 3. The molecule has 0 aliphatic rings. The Morgan fingerprint density at radius 3 is 2.62 bits per heavy atom. The summed E-state index contributed by atoms with van der Waals surface area (Å²) >= 11 is 3.42. The Hall–Kier alpha value is -3.53. The summed E-state index contributed by atoms with van der Waals surface area (Å²) in [5.41, 5.74) is 0.596. The Labute approximate surface area is 190 Å². The minimum atomic E-state index is -0.683. The zero-order valence-corrected chi connectivity index (χ0v) is 19.4. The van der Waals surface area contributed by atoms with Crippen LogP contribution in [0, 0.1) is 13.8 Å². The number of nitrogens with zero attached hydrogens (tertiary/aromatic N) is 4. The van der Waals surface area contributed by atoms with Gasteiger partial charge in [-0.15, -0.1) is 0 Å². The average Bonchev–Trinajstić information content (AvgIpc) is 3.14. The number of fused-ring (bicyclic) bond motifs is 1. The van der Waals surface area contributed by atoms with Crippen LogP contribution in [0.15, 0.2) is 48.8 Å². The molecule has 0 aliphatic carbocycles. The first-order chi connectivity index (χ1) is 15.2. The quantitative estimate of drug-likeness (QED) is 0.397. The van der Waals surface area contributed by atoms with Gasteiger partial charge in [0.15, 0.2) is 0 Å². The number of methoxy groups -OCH3 is 1. The topological polar surface area (TPSA) is 109 Å². The van der Waals surface area contributed by atoms with Crippen LogP contribution in [0.3, 0.4) is 0 Å². The first-order valence-corrected chi connectivity index (χ1v) is 10.4. The Bertz CT molecular complexity index is 1500. The molecule has 9 nitrogen and oxygen atoms in total. The summed E-state index contributed by atoms with van der Waals surface area (Å²) in [5.74, 6) is 0.165. The zero-order valence-electron chi connectivity index (χ0n) is 17.8. The van der Waals surface area contributed by atoms with Crippen molar-refractivity contribution in [3.63, 3.8) is 0 Å². The third-order valence-corrected chi connectivity index (χ3v) is 5.59. The number of hydrogen-bond donors (Lipinski definition) is 0. The van der Waals surface area contributed by atoms with Gasteiger partial charge >= 0.3 is 11.7 Å². The minimum absolute atomic E-state index is 0.0120. The number of oxazole rings is 1. The molecule has 32 heavy (non-hydrogen) atoms. The number of pyridine rings is 1. The van der Waals surface area contributed by atoms with E-state index in [-0.39, 0.29) is 23.1 Å². The summed E-state index contributed by atoms with van der Waals surface area (Å²) in [6.45, 7) is 3.26. The van der Waals surface area contributed by atoms with Crippen LogP contribution in [0.2, 0.25) is 0 Å². The maximum absolute atomic E-state index is 13.3. The van der Waals surface area contributed by atoms with Crippen molar-refractivity contribution in [2.75, 3.05) is 7.11 Å². The monoisotopic (exact) mass is 498 g/mol. The molecule has 3 aromatic heterocycles. The lowest BCUT2D eigenvalue weighted by atomic mass is 10.1. The van der Waals surface area contributed by atoms with Crippen LogP contribution >= 0.6 is 15.9 Å². The van der Waals surface area contributed by atoms with Gasteiger partial charge in [-0.25, -0.2) is 19.6 Å².